The van der Waals surface area contributed by atoms with E-state index in [4.69, 9.17) is 0 Å². The standard InChI is InChI=1S/C9H7F4/c1-2-6-3-4-7(10)5-8(6)9(11,12)13/h2-5H,1H3. The van der Waals surface area contributed by atoms with E-state index in [1.165, 1.54) is 13.3 Å². The summed E-state index contributed by atoms with van der Waals surface area (Å²) in [5, 5.41) is 0. The average molecular weight is 191 g/mol. The molecule has 0 aliphatic rings. The lowest BCUT2D eigenvalue weighted by Crippen LogP contribution is -2.08. The lowest BCUT2D eigenvalue weighted by atomic mass is 10.0. The number of rotatable bonds is 1. The van der Waals surface area contributed by atoms with Gasteiger partial charge in [-0.3, -0.25) is 0 Å². The van der Waals surface area contributed by atoms with Crippen LogP contribution in [0.3, 0.4) is 0 Å². The van der Waals surface area contributed by atoms with Crippen LogP contribution >= 0.6 is 0 Å². The van der Waals surface area contributed by atoms with Crippen molar-refractivity contribution in [3.05, 3.63) is 41.6 Å². The van der Waals surface area contributed by atoms with Crippen LogP contribution in [0.15, 0.2) is 18.2 Å². The molecule has 0 bridgehead atoms. The van der Waals surface area contributed by atoms with Crippen LogP contribution in [-0.2, 0) is 6.18 Å². The van der Waals surface area contributed by atoms with E-state index < -0.39 is 17.6 Å². The van der Waals surface area contributed by atoms with Crippen molar-refractivity contribution in [1.82, 2.24) is 0 Å². The Balaban J connectivity index is 3.24. The second kappa shape index (κ2) is 3.36. The van der Waals surface area contributed by atoms with Crippen LogP contribution in [0.4, 0.5) is 17.6 Å². The summed E-state index contributed by atoms with van der Waals surface area (Å²) in [7, 11) is 0. The molecule has 0 saturated carbocycles. The topological polar surface area (TPSA) is 0 Å². The van der Waals surface area contributed by atoms with E-state index in [2.05, 4.69) is 0 Å². The van der Waals surface area contributed by atoms with Crippen LogP contribution in [0.5, 0.6) is 0 Å². The maximum Gasteiger partial charge on any atom is 0.416 e. The van der Waals surface area contributed by atoms with E-state index in [1.807, 2.05) is 0 Å². The van der Waals surface area contributed by atoms with Crippen molar-refractivity contribution in [2.75, 3.05) is 0 Å². The molecule has 0 fully saturated rings. The summed E-state index contributed by atoms with van der Waals surface area (Å²) < 4.78 is 49.2. The first kappa shape index (κ1) is 10.0. The Morgan fingerprint density at radius 1 is 1.23 bits per heavy atom. The fourth-order valence-electron chi connectivity index (χ4n) is 1.03. The second-order valence-corrected chi connectivity index (χ2v) is 2.52. The molecular formula is C9H7F4. The number of halogens is 4. The zero-order valence-electron chi connectivity index (χ0n) is 6.82. The van der Waals surface area contributed by atoms with Gasteiger partial charge in [0, 0.05) is 0 Å². The SMILES string of the molecule is C[CH]c1ccc(F)cc1C(F)(F)F. The molecule has 0 saturated heterocycles. The molecule has 0 nitrogen and oxygen atoms in total. The molecule has 71 valence electrons. The molecule has 0 spiro atoms. The van der Waals surface area contributed by atoms with Crippen LogP contribution in [0, 0.1) is 12.2 Å². The van der Waals surface area contributed by atoms with Crippen LogP contribution < -0.4 is 0 Å². The number of alkyl halides is 3. The van der Waals surface area contributed by atoms with Crippen molar-refractivity contribution in [1.29, 1.82) is 0 Å². The number of benzene rings is 1. The summed E-state index contributed by atoms with van der Waals surface area (Å²) in [6, 6.07) is 2.61. The molecule has 1 aromatic rings. The van der Waals surface area contributed by atoms with Crippen molar-refractivity contribution in [3.8, 4) is 0 Å². The van der Waals surface area contributed by atoms with Gasteiger partial charge in [0.1, 0.15) is 5.82 Å². The Kier molecular flexibility index (Phi) is 2.59. The molecule has 0 aromatic heterocycles. The predicted molar refractivity (Wildman–Crippen MR) is 40.5 cm³/mol. The molecule has 0 amide bonds. The largest absolute Gasteiger partial charge is 0.416 e. The van der Waals surface area contributed by atoms with Crippen molar-refractivity contribution in [3.63, 3.8) is 0 Å². The third-order valence-electron chi connectivity index (χ3n) is 1.63. The Hall–Kier alpha value is -1.06. The van der Waals surface area contributed by atoms with E-state index in [-0.39, 0.29) is 5.56 Å². The zero-order chi connectivity index (χ0) is 10.1. The second-order valence-electron chi connectivity index (χ2n) is 2.52. The summed E-state index contributed by atoms with van der Waals surface area (Å²) in [5.41, 5.74) is -0.941. The van der Waals surface area contributed by atoms with Crippen molar-refractivity contribution in [2.45, 2.75) is 13.1 Å². The van der Waals surface area contributed by atoms with Gasteiger partial charge in [-0.05, 0) is 24.1 Å². The van der Waals surface area contributed by atoms with Gasteiger partial charge in [-0.25, -0.2) is 4.39 Å². The van der Waals surface area contributed by atoms with Crippen LogP contribution in [-0.4, -0.2) is 0 Å². The first-order valence-corrected chi connectivity index (χ1v) is 3.61. The third-order valence-corrected chi connectivity index (χ3v) is 1.63. The molecule has 0 N–H and O–H groups in total. The van der Waals surface area contributed by atoms with Gasteiger partial charge in [-0.2, -0.15) is 13.2 Å². The summed E-state index contributed by atoms with van der Waals surface area (Å²) in [6.45, 7) is 1.47. The summed E-state index contributed by atoms with van der Waals surface area (Å²) in [6.07, 6.45) is -3.20. The normalized spacial score (nSPS) is 11.8. The van der Waals surface area contributed by atoms with E-state index in [9.17, 15) is 17.6 Å². The lowest BCUT2D eigenvalue weighted by Gasteiger charge is -2.10. The van der Waals surface area contributed by atoms with E-state index >= 15 is 0 Å². The van der Waals surface area contributed by atoms with Crippen molar-refractivity contribution in [2.24, 2.45) is 0 Å². The quantitative estimate of drug-likeness (QED) is 0.596. The minimum Gasteiger partial charge on any atom is -0.207 e. The van der Waals surface area contributed by atoms with Gasteiger partial charge < -0.3 is 0 Å². The van der Waals surface area contributed by atoms with E-state index in [1.54, 1.807) is 0 Å². The number of hydrogen-bond donors (Lipinski definition) is 0. The molecular weight excluding hydrogens is 184 g/mol. The molecule has 0 unspecified atom stereocenters. The Morgan fingerprint density at radius 2 is 1.85 bits per heavy atom. The van der Waals surface area contributed by atoms with E-state index in [0.717, 1.165) is 12.1 Å². The summed E-state index contributed by atoms with van der Waals surface area (Å²) >= 11 is 0. The van der Waals surface area contributed by atoms with Gasteiger partial charge in [0.05, 0.1) is 5.56 Å². The van der Waals surface area contributed by atoms with Crippen LogP contribution in [0.25, 0.3) is 0 Å². The van der Waals surface area contributed by atoms with Gasteiger partial charge in [0.2, 0.25) is 0 Å². The monoisotopic (exact) mass is 191 g/mol. The molecule has 0 atom stereocenters. The highest BCUT2D eigenvalue weighted by Crippen LogP contribution is 2.32. The van der Waals surface area contributed by atoms with Gasteiger partial charge in [0.25, 0.3) is 0 Å². The Labute approximate surface area is 73.2 Å². The summed E-state index contributed by atoms with van der Waals surface area (Å²) in [5.74, 6) is -0.877. The summed E-state index contributed by atoms with van der Waals surface area (Å²) in [4.78, 5) is 0. The fourth-order valence-corrected chi connectivity index (χ4v) is 1.03. The van der Waals surface area contributed by atoms with Crippen LogP contribution in [0.2, 0.25) is 0 Å². The molecule has 1 radical (unpaired) electrons. The predicted octanol–water partition coefficient (Wildman–Crippen LogP) is 3.42. The molecule has 1 aromatic carbocycles. The third kappa shape index (κ3) is 2.20. The van der Waals surface area contributed by atoms with E-state index in [0.29, 0.717) is 6.07 Å². The van der Waals surface area contributed by atoms with Crippen molar-refractivity contribution >= 4 is 0 Å². The first-order chi connectivity index (χ1) is 5.95. The van der Waals surface area contributed by atoms with Gasteiger partial charge in [0.15, 0.2) is 0 Å². The molecule has 0 aliphatic carbocycles. The molecule has 0 aliphatic heterocycles. The maximum absolute atomic E-state index is 12.5. The Bertz CT molecular complexity index is 301. The van der Waals surface area contributed by atoms with Crippen molar-refractivity contribution < 1.29 is 17.6 Å². The first-order valence-electron chi connectivity index (χ1n) is 3.61. The molecule has 0 heterocycles. The minimum absolute atomic E-state index is 0.00565. The maximum atomic E-state index is 12.5. The van der Waals surface area contributed by atoms with Crippen LogP contribution in [0.1, 0.15) is 18.1 Å². The van der Waals surface area contributed by atoms with Gasteiger partial charge >= 0.3 is 6.18 Å². The molecule has 13 heavy (non-hydrogen) atoms. The minimum atomic E-state index is -4.50. The molecule has 1 rings (SSSR count). The van der Waals surface area contributed by atoms with Gasteiger partial charge in [-0.15, -0.1) is 0 Å². The Morgan fingerprint density at radius 3 is 2.31 bits per heavy atom. The fraction of sp³-hybridized carbons (Fsp3) is 0.222. The average Bonchev–Trinajstić information content (AvgIpc) is 2.03. The lowest BCUT2D eigenvalue weighted by molar-refractivity contribution is -0.138. The molecule has 4 heteroatoms. The number of hydrogen-bond acceptors (Lipinski definition) is 0. The highest BCUT2D eigenvalue weighted by atomic mass is 19.4. The zero-order valence-corrected chi connectivity index (χ0v) is 6.82. The highest BCUT2D eigenvalue weighted by Gasteiger charge is 2.33. The van der Waals surface area contributed by atoms with Gasteiger partial charge in [-0.1, -0.05) is 13.0 Å². The highest BCUT2D eigenvalue weighted by molar-refractivity contribution is 5.34. The smallest absolute Gasteiger partial charge is 0.207 e.